The molecular weight excluding hydrogens is 312 g/mol. The summed E-state index contributed by atoms with van der Waals surface area (Å²) in [5, 5.41) is 22.6. The predicted octanol–water partition coefficient (Wildman–Crippen LogP) is 2.62. The Kier molecular flexibility index (Phi) is 6.06. The first kappa shape index (κ1) is 17.7. The number of carboxylic acids is 1. The van der Waals surface area contributed by atoms with Gasteiger partial charge in [-0.15, -0.1) is 0 Å². The zero-order valence-corrected chi connectivity index (χ0v) is 13.2. The van der Waals surface area contributed by atoms with E-state index in [0.717, 1.165) is 19.3 Å². The molecule has 1 fully saturated rings. The van der Waals surface area contributed by atoms with Crippen molar-refractivity contribution >= 4 is 23.6 Å². The van der Waals surface area contributed by atoms with Crippen molar-refractivity contribution in [1.29, 1.82) is 0 Å². The monoisotopic (exact) mass is 332 g/mol. The van der Waals surface area contributed by atoms with Crippen LogP contribution in [-0.4, -0.2) is 28.5 Å². The molecule has 0 unspecified atom stereocenters. The second-order valence-corrected chi connectivity index (χ2v) is 5.92. The summed E-state index contributed by atoms with van der Waals surface area (Å²) < 4.78 is 0. The molecule has 7 nitrogen and oxygen atoms in total. The Balaban J connectivity index is 1.89. The normalized spacial score (nSPS) is 20.7. The molecule has 1 aromatic rings. The lowest BCUT2D eigenvalue weighted by Gasteiger charge is -2.28. The lowest BCUT2D eigenvalue weighted by molar-refractivity contribution is -0.384. The van der Waals surface area contributed by atoms with Crippen LogP contribution in [0, 0.1) is 22.0 Å². The lowest BCUT2D eigenvalue weighted by Crippen LogP contribution is -2.36. The van der Waals surface area contributed by atoms with Gasteiger partial charge in [0.05, 0.1) is 10.8 Å². The summed E-state index contributed by atoms with van der Waals surface area (Å²) in [6.45, 7) is 0.328. The van der Waals surface area contributed by atoms with Gasteiger partial charge in [-0.05, 0) is 30.4 Å². The number of hydrogen-bond acceptors (Lipinski definition) is 4. The Morgan fingerprint density at radius 2 is 2.08 bits per heavy atom. The Hall–Kier alpha value is -2.70. The number of aliphatic carboxylic acids is 1. The number of nitrogens with zero attached hydrogens (tertiary/aromatic N) is 1. The number of non-ortho nitro benzene ring substituents is 1. The maximum atomic E-state index is 11.9. The fourth-order valence-corrected chi connectivity index (χ4v) is 2.98. The molecule has 0 bridgehead atoms. The first-order valence-electron chi connectivity index (χ1n) is 7.90. The molecule has 0 spiro atoms. The van der Waals surface area contributed by atoms with Crippen LogP contribution in [0.3, 0.4) is 0 Å². The van der Waals surface area contributed by atoms with E-state index in [1.165, 1.54) is 24.3 Å². The highest BCUT2D eigenvalue weighted by Gasteiger charge is 2.30. The van der Waals surface area contributed by atoms with E-state index in [0.29, 0.717) is 18.5 Å². The molecular formula is C17H20N2O5. The summed E-state index contributed by atoms with van der Waals surface area (Å²) in [4.78, 5) is 33.3. The smallest absolute Gasteiger partial charge is 0.306 e. The van der Waals surface area contributed by atoms with Crippen molar-refractivity contribution in [3.8, 4) is 0 Å². The zero-order valence-electron chi connectivity index (χ0n) is 13.2. The molecule has 2 N–H and O–H groups in total. The molecule has 0 radical (unpaired) electrons. The number of nitro benzene ring substituents is 1. The number of carbonyl (C=O) groups is 2. The Morgan fingerprint density at radius 3 is 2.79 bits per heavy atom. The minimum atomic E-state index is -0.805. The van der Waals surface area contributed by atoms with Gasteiger partial charge in [0.1, 0.15) is 0 Å². The van der Waals surface area contributed by atoms with E-state index in [9.17, 15) is 24.8 Å². The van der Waals surface area contributed by atoms with Crippen LogP contribution in [0.2, 0.25) is 0 Å². The maximum Gasteiger partial charge on any atom is 0.306 e. The third kappa shape index (κ3) is 4.91. The van der Waals surface area contributed by atoms with Crippen LogP contribution in [0.4, 0.5) is 5.69 Å². The molecule has 0 aromatic heterocycles. The van der Waals surface area contributed by atoms with Crippen LogP contribution in [0.15, 0.2) is 30.3 Å². The molecule has 2 atom stereocenters. The van der Waals surface area contributed by atoms with Crippen molar-refractivity contribution in [2.45, 2.75) is 25.7 Å². The summed E-state index contributed by atoms with van der Waals surface area (Å²) in [7, 11) is 0. The standard InChI is InChI=1S/C17H20N2O5/c20-16(9-8-12-4-3-6-14(10-12)19(23)24)18-11-13-5-1-2-7-15(13)17(21)22/h3-4,6,8-10,13,15H,1-2,5,7,11H2,(H,18,20)(H,21,22)/b9-8+/t13-,15-/m0/s1. The average molecular weight is 332 g/mol. The van der Waals surface area contributed by atoms with Gasteiger partial charge in [-0.2, -0.15) is 0 Å². The van der Waals surface area contributed by atoms with Gasteiger partial charge in [0.25, 0.3) is 5.69 Å². The average Bonchev–Trinajstić information content (AvgIpc) is 2.58. The first-order valence-corrected chi connectivity index (χ1v) is 7.90. The molecule has 24 heavy (non-hydrogen) atoms. The van der Waals surface area contributed by atoms with Gasteiger partial charge in [0.2, 0.25) is 5.91 Å². The van der Waals surface area contributed by atoms with Gasteiger partial charge >= 0.3 is 5.97 Å². The van der Waals surface area contributed by atoms with Crippen molar-refractivity contribution in [3.63, 3.8) is 0 Å². The molecule has 128 valence electrons. The molecule has 0 aliphatic heterocycles. The van der Waals surface area contributed by atoms with Gasteiger partial charge < -0.3 is 10.4 Å². The number of hydrogen-bond donors (Lipinski definition) is 2. The van der Waals surface area contributed by atoms with Crippen LogP contribution in [-0.2, 0) is 9.59 Å². The van der Waals surface area contributed by atoms with E-state index in [4.69, 9.17) is 0 Å². The number of carboxylic acid groups (broad SMARTS) is 1. The van der Waals surface area contributed by atoms with Gasteiger partial charge in [0, 0.05) is 24.8 Å². The topological polar surface area (TPSA) is 110 Å². The van der Waals surface area contributed by atoms with E-state index < -0.39 is 16.8 Å². The lowest BCUT2D eigenvalue weighted by atomic mass is 9.79. The molecule has 2 rings (SSSR count). The van der Waals surface area contributed by atoms with Gasteiger partial charge in [0.15, 0.2) is 0 Å². The summed E-state index contributed by atoms with van der Waals surface area (Å²) >= 11 is 0. The summed E-state index contributed by atoms with van der Waals surface area (Å²) in [6.07, 6.45) is 6.14. The highest BCUT2D eigenvalue weighted by atomic mass is 16.6. The van der Waals surface area contributed by atoms with Crippen molar-refractivity contribution in [1.82, 2.24) is 5.32 Å². The summed E-state index contributed by atoms with van der Waals surface area (Å²) in [6, 6.07) is 5.98. The van der Waals surface area contributed by atoms with Gasteiger partial charge in [-0.25, -0.2) is 0 Å². The Labute approximate surface area is 139 Å². The van der Waals surface area contributed by atoms with Gasteiger partial charge in [-0.1, -0.05) is 25.0 Å². The molecule has 1 saturated carbocycles. The largest absolute Gasteiger partial charge is 0.481 e. The van der Waals surface area contributed by atoms with Crippen molar-refractivity contribution < 1.29 is 19.6 Å². The fourth-order valence-electron chi connectivity index (χ4n) is 2.98. The zero-order chi connectivity index (χ0) is 17.5. The Morgan fingerprint density at radius 1 is 1.33 bits per heavy atom. The second kappa shape index (κ2) is 8.24. The summed E-state index contributed by atoms with van der Waals surface area (Å²) in [5.74, 6) is -1.59. The third-order valence-electron chi connectivity index (χ3n) is 4.27. The number of rotatable bonds is 6. The molecule has 1 amide bonds. The van der Waals surface area contributed by atoms with Crippen molar-refractivity contribution in [3.05, 3.63) is 46.0 Å². The molecule has 0 heterocycles. The minimum absolute atomic E-state index is 0.0379. The van der Waals surface area contributed by atoms with Crippen LogP contribution in [0.1, 0.15) is 31.2 Å². The molecule has 1 aliphatic rings. The van der Waals surface area contributed by atoms with Crippen molar-refractivity contribution in [2.75, 3.05) is 6.54 Å². The van der Waals surface area contributed by atoms with E-state index in [1.807, 2.05) is 0 Å². The summed E-state index contributed by atoms with van der Waals surface area (Å²) in [5.41, 5.74) is 0.518. The van der Waals surface area contributed by atoms with E-state index in [-0.39, 0.29) is 17.5 Å². The highest BCUT2D eigenvalue weighted by molar-refractivity contribution is 5.91. The predicted molar refractivity (Wildman–Crippen MR) is 88.2 cm³/mol. The first-order chi connectivity index (χ1) is 11.5. The fraction of sp³-hybridized carbons (Fsp3) is 0.412. The van der Waals surface area contributed by atoms with E-state index >= 15 is 0 Å². The molecule has 1 aromatic carbocycles. The minimum Gasteiger partial charge on any atom is -0.481 e. The maximum absolute atomic E-state index is 11.9. The van der Waals surface area contributed by atoms with Crippen molar-refractivity contribution in [2.24, 2.45) is 11.8 Å². The quantitative estimate of drug-likeness (QED) is 0.473. The molecule has 0 saturated heterocycles. The molecule has 1 aliphatic carbocycles. The number of carbonyl (C=O) groups excluding carboxylic acids is 1. The van der Waals surface area contributed by atoms with Gasteiger partial charge in [-0.3, -0.25) is 19.7 Å². The second-order valence-electron chi connectivity index (χ2n) is 5.92. The number of amides is 1. The highest BCUT2D eigenvalue weighted by Crippen LogP contribution is 2.29. The van der Waals surface area contributed by atoms with E-state index in [2.05, 4.69) is 5.32 Å². The van der Waals surface area contributed by atoms with Crippen LogP contribution >= 0.6 is 0 Å². The number of nitro groups is 1. The number of nitrogens with one attached hydrogen (secondary N) is 1. The number of benzene rings is 1. The third-order valence-corrected chi connectivity index (χ3v) is 4.27. The van der Waals surface area contributed by atoms with E-state index in [1.54, 1.807) is 12.1 Å². The van der Waals surface area contributed by atoms with Crippen LogP contribution in [0.25, 0.3) is 6.08 Å². The van der Waals surface area contributed by atoms with Crippen LogP contribution in [0.5, 0.6) is 0 Å². The SMILES string of the molecule is O=C(/C=C/c1cccc([N+](=O)[O-])c1)NC[C@@H]1CCCC[C@@H]1C(=O)O. The van der Waals surface area contributed by atoms with Crippen LogP contribution < -0.4 is 5.32 Å². The molecule has 7 heteroatoms. The Bertz CT molecular complexity index is 656.